The molecule has 0 radical (unpaired) electrons. The fourth-order valence-electron chi connectivity index (χ4n) is 2.12. The van der Waals surface area contributed by atoms with Crippen molar-refractivity contribution in [1.29, 1.82) is 0 Å². The Kier molecular flexibility index (Phi) is 4.42. The number of likely N-dealkylation sites (tertiary alicyclic amines) is 1. The summed E-state index contributed by atoms with van der Waals surface area (Å²) in [6.45, 7) is 1.48. The first kappa shape index (κ1) is 13.9. The van der Waals surface area contributed by atoms with Gasteiger partial charge in [-0.15, -0.1) is 0 Å². The zero-order valence-corrected chi connectivity index (χ0v) is 11.5. The van der Waals surface area contributed by atoms with Crippen molar-refractivity contribution in [2.45, 2.75) is 25.8 Å². The molecule has 6 nitrogen and oxygen atoms in total. The van der Waals surface area contributed by atoms with E-state index in [1.165, 1.54) is 18.0 Å². The number of nitrogens with zero attached hydrogens (tertiary/aromatic N) is 3. The smallest absolute Gasteiger partial charge is 0.297 e. The van der Waals surface area contributed by atoms with Crippen molar-refractivity contribution in [3.63, 3.8) is 0 Å². The SMILES string of the molecule is COc1c(Cl)ncn(CC(=O)N2CCCCC2)c1=O. The standard InChI is InChI=1S/C12H16ClN3O3/c1-19-10-11(13)14-8-16(12(10)18)7-9(17)15-5-3-2-4-6-15/h8H,2-7H2,1H3. The van der Waals surface area contributed by atoms with Gasteiger partial charge in [0.05, 0.1) is 13.4 Å². The predicted octanol–water partition coefficient (Wildman–Crippen LogP) is 0.918. The minimum absolute atomic E-state index is 0.00849. The Morgan fingerprint density at radius 3 is 2.74 bits per heavy atom. The van der Waals surface area contributed by atoms with E-state index >= 15 is 0 Å². The van der Waals surface area contributed by atoms with Gasteiger partial charge in [0.1, 0.15) is 6.54 Å². The lowest BCUT2D eigenvalue weighted by atomic mass is 10.1. The van der Waals surface area contributed by atoms with E-state index in [-0.39, 0.29) is 23.4 Å². The van der Waals surface area contributed by atoms with E-state index in [0.717, 1.165) is 32.4 Å². The highest BCUT2D eigenvalue weighted by Crippen LogP contribution is 2.15. The van der Waals surface area contributed by atoms with E-state index < -0.39 is 5.56 Å². The molecule has 0 bridgehead atoms. The zero-order valence-electron chi connectivity index (χ0n) is 10.8. The lowest BCUT2D eigenvalue weighted by Gasteiger charge is -2.26. The van der Waals surface area contributed by atoms with Gasteiger partial charge in [-0.25, -0.2) is 4.98 Å². The highest BCUT2D eigenvalue weighted by atomic mass is 35.5. The van der Waals surface area contributed by atoms with Crippen LogP contribution >= 0.6 is 11.6 Å². The predicted molar refractivity (Wildman–Crippen MR) is 70.5 cm³/mol. The molecule has 2 rings (SSSR count). The Balaban J connectivity index is 2.15. The summed E-state index contributed by atoms with van der Waals surface area (Å²) in [4.78, 5) is 29.7. The summed E-state index contributed by atoms with van der Waals surface area (Å²) >= 11 is 5.74. The van der Waals surface area contributed by atoms with Crippen LogP contribution in [0.25, 0.3) is 0 Å². The summed E-state index contributed by atoms with van der Waals surface area (Å²) in [5, 5.41) is 0.00849. The first-order valence-corrected chi connectivity index (χ1v) is 6.58. The molecule has 1 aliphatic heterocycles. The number of amides is 1. The summed E-state index contributed by atoms with van der Waals surface area (Å²) in [6, 6.07) is 0. The van der Waals surface area contributed by atoms with Gasteiger partial charge in [-0.05, 0) is 19.3 Å². The van der Waals surface area contributed by atoms with Crippen LogP contribution in [0.4, 0.5) is 0 Å². The van der Waals surface area contributed by atoms with Gasteiger partial charge in [0, 0.05) is 13.1 Å². The highest BCUT2D eigenvalue weighted by molar-refractivity contribution is 6.30. The second-order valence-electron chi connectivity index (χ2n) is 4.44. The van der Waals surface area contributed by atoms with E-state index in [1.54, 1.807) is 4.90 Å². The second-order valence-corrected chi connectivity index (χ2v) is 4.80. The van der Waals surface area contributed by atoms with Crippen molar-refractivity contribution in [3.8, 4) is 5.75 Å². The van der Waals surface area contributed by atoms with Crippen LogP contribution < -0.4 is 10.3 Å². The first-order chi connectivity index (χ1) is 9.13. The Labute approximate surface area is 115 Å². The number of rotatable bonds is 3. The van der Waals surface area contributed by atoms with E-state index in [0.29, 0.717) is 0 Å². The van der Waals surface area contributed by atoms with Crippen molar-refractivity contribution < 1.29 is 9.53 Å². The number of carbonyl (C=O) groups excluding carboxylic acids is 1. The van der Waals surface area contributed by atoms with Gasteiger partial charge in [0.15, 0.2) is 5.15 Å². The molecule has 1 amide bonds. The van der Waals surface area contributed by atoms with Gasteiger partial charge >= 0.3 is 0 Å². The molecule has 2 heterocycles. The fraction of sp³-hybridized carbons (Fsp3) is 0.583. The first-order valence-electron chi connectivity index (χ1n) is 6.20. The van der Waals surface area contributed by atoms with Crippen LogP contribution in [-0.4, -0.2) is 40.6 Å². The lowest BCUT2D eigenvalue weighted by Crippen LogP contribution is -2.39. The molecule has 7 heteroatoms. The summed E-state index contributed by atoms with van der Waals surface area (Å²) in [5.74, 6) is -0.108. The largest absolute Gasteiger partial charge is 0.489 e. The maximum atomic E-state index is 12.1. The number of aromatic nitrogens is 2. The number of hydrogen-bond donors (Lipinski definition) is 0. The number of carbonyl (C=O) groups is 1. The van der Waals surface area contributed by atoms with Gasteiger partial charge in [-0.2, -0.15) is 0 Å². The Morgan fingerprint density at radius 2 is 2.11 bits per heavy atom. The number of piperidine rings is 1. The van der Waals surface area contributed by atoms with Crippen molar-refractivity contribution >= 4 is 17.5 Å². The number of methoxy groups -OCH3 is 1. The molecule has 0 atom stereocenters. The maximum Gasteiger partial charge on any atom is 0.297 e. The third-order valence-corrected chi connectivity index (χ3v) is 3.44. The average molecular weight is 286 g/mol. The molecule has 104 valence electrons. The highest BCUT2D eigenvalue weighted by Gasteiger charge is 2.18. The third-order valence-electron chi connectivity index (χ3n) is 3.17. The van der Waals surface area contributed by atoms with Crippen LogP contribution in [0.2, 0.25) is 5.15 Å². The average Bonchev–Trinajstić information content (AvgIpc) is 2.43. The molecular weight excluding hydrogens is 270 g/mol. The summed E-state index contributed by atoms with van der Waals surface area (Å²) in [7, 11) is 1.35. The van der Waals surface area contributed by atoms with Crippen molar-refractivity contribution in [1.82, 2.24) is 14.5 Å². The minimum Gasteiger partial charge on any atom is -0.489 e. The second kappa shape index (κ2) is 6.06. The van der Waals surface area contributed by atoms with E-state index in [2.05, 4.69) is 4.98 Å². The lowest BCUT2D eigenvalue weighted by molar-refractivity contribution is -0.132. The van der Waals surface area contributed by atoms with Crippen LogP contribution in [-0.2, 0) is 11.3 Å². The van der Waals surface area contributed by atoms with Gasteiger partial charge in [-0.3, -0.25) is 14.2 Å². The number of halogens is 1. The Hall–Kier alpha value is -1.56. The molecule has 0 aromatic carbocycles. The molecule has 1 saturated heterocycles. The number of hydrogen-bond acceptors (Lipinski definition) is 4. The van der Waals surface area contributed by atoms with E-state index in [1.807, 2.05) is 0 Å². The maximum absolute atomic E-state index is 12.1. The minimum atomic E-state index is -0.437. The van der Waals surface area contributed by atoms with Crippen LogP contribution in [0.15, 0.2) is 11.1 Å². The van der Waals surface area contributed by atoms with Gasteiger partial charge in [-0.1, -0.05) is 11.6 Å². The molecule has 0 unspecified atom stereocenters. The molecule has 1 fully saturated rings. The van der Waals surface area contributed by atoms with Gasteiger partial charge in [0.25, 0.3) is 5.56 Å². The van der Waals surface area contributed by atoms with Gasteiger partial charge < -0.3 is 9.64 Å². The molecular formula is C12H16ClN3O3. The molecule has 0 spiro atoms. The Bertz CT molecular complexity index is 523. The topological polar surface area (TPSA) is 64.4 Å². The summed E-state index contributed by atoms with van der Waals surface area (Å²) in [6.07, 6.45) is 4.46. The molecule has 19 heavy (non-hydrogen) atoms. The molecule has 1 aliphatic rings. The van der Waals surface area contributed by atoms with Crippen LogP contribution in [0, 0.1) is 0 Å². The molecule has 0 N–H and O–H groups in total. The van der Waals surface area contributed by atoms with Crippen LogP contribution in [0.3, 0.4) is 0 Å². The van der Waals surface area contributed by atoms with Gasteiger partial charge in [0.2, 0.25) is 11.7 Å². The zero-order chi connectivity index (χ0) is 13.8. The van der Waals surface area contributed by atoms with E-state index in [4.69, 9.17) is 16.3 Å². The van der Waals surface area contributed by atoms with Crippen LogP contribution in [0.5, 0.6) is 5.75 Å². The molecule has 0 saturated carbocycles. The summed E-state index contributed by atoms with van der Waals surface area (Å²) < 4.78 is 6.11. The molecule has 1 aromatic rings. The van der Waals surface area contributed by atoms with E-state index in [9.17, 15) is 9.59 Å². The fourth-order valence-corrected chi connectivity index (χ4v) is 2.32. The monoisotopic (exact) mass is 285 g/mol. The normalized spacial score (nSPS) is 15.4. The van der Waals surface area contributed by atoms with Crippen molar-refractivity contribution in [2.75, 3.05) is 20.2 Å². The van der Waals surface area contributed by atoms with Crippen molar-refractivity contribution in [2.24, 2.45) is 0 Å². The van der Waals surface area contributed by atoms with Crippen molar-refractivity contribution in [3.05, 3.63) is 21.8 Å². The molecule has 1 aromatic heterocycles. The van der Waals surface area contributed by atoms with Crippen LogP contribution in [0.1, 0.15) is 19.3 Å². The molecule has 0 aliphatic carbocycles. The third kappa shape index (κ3) is 3.07. The Morgan fingerprint density at radius 1 is 1.42 bits per heavy atom. The quantitative estimate of drug-likeness (QED) is 0.775. The number of ether oxygens (including phenoxy) is 1. The summed E-state index contributed by atoms with van der Waals surface area (Å²) in [5.41, 5.74) is -0.437.